The van der Waals surface area contributed by atoms with Gasteiger partial charge in [0.25, 0.3) is 5.91 Å². The van der Waals surface area contributed by atoms with Crippen LogP contribution >= 0.6 is 0 Å². The third kappa shape index (κ3) is 7.64. The number of nitrogens with one attached hydrogen (secondary N) is 2. The molecule has 0 radical (unpaired) electrons. The fourth-order valence-electron chi connectivity index (χ4n) is 3.29. The average molecular weight is 452 g/mol. The van der Waals surface area contributed by atoms with Crippen molar-refractivity contribution in [3.8, 4) is 11.5 Å². The van der Waals surface area contributed by atoms with Crippen LogP contribution in [-0.2, 0) is 4.79 Å². The van der Waals surface area contributed by atoms with Crippen LogP contribution in [0.25, 0.3) is 6.08 Å². The van der Waals surface area contributed by atoms with Crippen molar-refractivity contribution in [1.82, 2.24) is 10.2 Å². The van der Waals surface area contributed by atoms with Gasteiger partial charge in [-0.2, -0.15) is 0 Å². The van der Waals surface area contributed by atoms with E-state index in [1.165, 1.54) is 6.08 Å². The van der Waals surface area contributed by atoms with E-state index < -0.39 is 0 Å². The van der Waals surface area contributed by atoms with E-state index >= 15 is 0 Å². The Morgan fingerprint density at radius 2 is 1.79 bits per heavy atom. The number of ether oxygens (including phenoxy) is 2. The Kier molecular flexibility index (Phi) is 8.89. The molecule has 176 valence electrons. The van der Waals surface area contributed by atoms with Gasteiger partial charge in [0.05, 0.1) is 7.11 Å². The van der Waals surface area contributed by atoms with Gasteiger partial charge in [-0.3, -0.25) is 9.59 Å². The van der Waals surface area contributed by atoms with Gasteiger partial charge in [0.15, 0.2) is 11.5 Å². The van der Waals surface area contributed by atoms with Gasteiger partial charge in [-0.25, -0.2) is 0 Å². The lowest BCUT2D eigenvalue weighted by molar-refractivity contribution is -0.111. The molecule has 2 aromatic carbocycles. The fraction of sp³-hybridized carbons (Fsp3) is 0.385. The summed E-state index contributed by atoms with van der Waals surface area (Å²) in [5.41, 5.74) is 2.08. The number of carbonyl (C=O) groups excluding carboxylic acids is 2. The summed E-state index contributed by atoms with van der Waals surface area (Å²) in [5, 5.41) is 5.81. The van der Waals surface area contributed by atoms with Crippen LogP contribution in [0.15, 0.2) is 48.5 Å². The molecule has 1 saturated carbocycles. The zero-order valence-electron chi connectivity index (χ0n) is 19.6. The lowest BCUT2D eigenvalue weighted by Crippen LogP contribution is -2.28. The number of benzene rings is 2. The van der Waals surface area contributed by atoms with Crippen molar-refractivity contribution in [2.75, 3.05) is 38.7 Å². The van der Waals surface area contributed by atoms with Crippen LogP contribution in [-0.4, -0.2) is 56.1 Å². The minimum atomic E-state index is -0.259. The quantitative estimate of drug-likeness (QED) is 0.478. The van der Waals surface area contributed by atoms with Crippen LogP contribution in [0.3, 0.4) is 0 Å². The predicted octanol–water partition coefficient (Wildman–Crippen LogP) is 3.96. The summed E-state index contributed by atoms with van der Waals surface area (Å²) >= 11 is 0. The molecule has 0 aromatic heterocycles. The van der Waals surface area contributed by atoms with Crippen LogP contribution < -0.4 is 20.1 Å². The molecule has 0 aliphatic heterocycles. The van der Waals surface area contributed by atoms with E-state index in [-0.39, 0.29) is 11.8 Å². The Morgan fingerprint density at radius 3 is 2.42 bits per heavy atom. The highest BCUT2D eigenvalue weighted by molar-refractivity contribution is 6.02. The maximum Gasteiger partial charge on any atom is 0.251 e. The van der Waals surface area contributed by atoms with Crippen molar-refractivity contribution in [1.29, 1.82) is 0 Å². The highest BCUT2D eigenvalue weighted by Crippen LogP contribution is 2.30. The third-order valence-electron chi connectivity index (χ3n) is 5.50. The van der Waals surface area contributed by atoms with Crippen LogP contribution in [0.4, 0.5) is 5.69 Å². The van der Waals surface area contributed by atoms with Crippen molar-refractivity contribution >= 4 is 23.6 Å². The average Bonchev–Trinajstić information content (AvgIpc) is 3.65. The molecule has 0 bridgehead atoms. The predicted molar refractivity (Wildman–Crippen MR) is 131 cm³/mol. The minimum absolute atomic E-state index is 0.0552. The summed E-state index contributed by atoms with van der Waals surface area (Å²) in [6.45, 7) is 7.52. The van der Waals surface area contributed by atoms with Gasteiger partial charge in [-0.05, 0) is 61.8 Å². The highest BCUT2D eigenvalue weighted by atomic mass is 16.5. The smallest absolute Gasteiger partial charge is 0.251 e. The first kappa shape index (κ1) is 24.3. The standard InChI is InChI=1S/C26H33N3O4/c1-4-29(5-2)16-17-33-24-18-22(13-14-23(24)32-3)27-25(30)15-8-19-6-9-20(10-7-19)26(31)28-21-11-12-21/h6-10,13-15,18,21H,4-5,11-12,16-17H2,1-3H3,(H,27,30)(H,28,31)/b15-8+. The summed E-state index contributed by atoms with van der Waals surface area (Å²) in [4.78, 5) is 26.7. The van der Waals surface area contributed by atoms with Crippen LogP contribution in [0.2, 0.25) is 0 Å². The Morgan fingerprint density at radius 1 is 1.06 bits per heavy atom. The number of rotatable bonds is 12. The van der Waals surface area contributed by atoms with Crippen molar-refractivity contribution in [2.45, 2.75) is 32.7 Å². The van der Waals surface area contributed by atoms with E-state index in [2.05, 4.69) is 29.4 Å². The van der Waals surface area contributed by atoms with E-state index in [4.69, 9.17) is 9.47 Å². The molecule has 1 fully saturated rings. The maximum atomic E-state index is 12.4. The fourth-order valence-corrected chi connectivity index (χ4v) is 3.29. The van der Waals surface area contributed by atoms with E-state index in [0.29, 0.717) is 35.4 Å². The Balaban J connectivity index is 1.55. The Hall–Kier alpha value is -3.32. The summed E-state index contributed by atoms with van der Waals surface area (Å²) in [5.74, 6) is 0.894. The first-order valence-corrected chi connectivity index (χ1v) is 11.5. The van der Waals surface area contributed by atoms with Gasteiger partial charge < -0.3 is 25.0 Å². The zero-order valence-corrected chi connectivity index (χ0v) is 19.6. The molecule has 7 nitrogen and oxygen atoms in total. The highest BCUT2D eigenvalue weighted by Gasteiger charge is 2.23. The molecule has 7 heteroatoms. The topological polar surface area (TPSA) is 79.9 Å². The van der Waals surface area contributed by atoms with E-state index in [0.717, 1.165) is 38.0 Å². The molecule has 0 atom stereocenters. The van der Waals surface area contributed by atoms with Crippen LogP contribution in [0.1, 0.15) is 42.6 Å². The first-order valence-electron chi connectivity index (χ1n) is 11.5. The van der Waals surface area contributed by atoms with E-state index in [9.17, 15) is 9.59 Å². The van der Waals surface area contributed by atoms with Gasteiger partial charge in [-0.15, -0.1) is 0 Å². The van der Waals surface area contributed by atoms with Crippen molar-refractivity contribution in [2.24, 2.45) is 0 Å². The Labute approximate surface area is 195 Å². The van der Waals surface area contributed by atoms with E-state index in [1.807, 2.05) is 12.1 Å². The number of likely N-dealkylation sites (N-methyl/N-ethyl adjacent to an activating group) is 1. The van der Waals surface area contributed by atoms with Crippen molar-refractivity contribution in [3.63, 3.8) is 0 Å². The van der Waals surface area contributed by atoms with Crippen molar-refractivity contribution < 1.29 is 19.1 Å². The molecule has 2 amide bonds. The summed E-state index contributed by atoms with van der Waals surface area (Å²) < 4.78 is 11.3. The minimum Gasteiger partial charge on any atom is -0.493 e. The summed E-state index contributed by atoms with van der Waals surface area (Å²) in [6.07, 6.45) is 5.28. The van der Waals surface area contributed by atoms with Crippen LogP contribution in [0.5, 0.6) is 11.5 Å². The van der Waals surface area contributed by atoms with Gasteiger partial charge in [0.1, 0.15) is 6.61 Å². The number of amides is 2. The lowest BCUT2D eigenvalue weighted by atomic mass is 10.1. The number of carbonyl (C=O) groups is 2. The molecule has 0 unspecified atom stereocenters. The van der Waals surface area contributed by atoms with Crippen LogP contribution in [0, 0.1) is 0 Å². The van der Waals surface area contributed by atoms with Gasteiger partial charge in [0, 0.05) is 36.0 Å². The molecule has 1 aliphatic carbocycles. The third-order valence-corrected chi connectivity index (χ3v) is 5.50. The van der Waals surface area contributed by atoms with Gasteiger partial charge >= 0.3 is 0 Å². The van der Waals surface area contributed by atoms with Gasteiger partial charge in [0.2, 0.25) is 5.91 Å². The summed E-state index contributed by atoms with van der Waals surface area (Å²) in [7, 11) is 1.59. The maximum absolute atomic E-state index is 12.4. The monoisotopic (exact) mass is 451 g/mol. The number of anilines is 1. The lowest BCUT2D eigenvalue weighted by Gasteiger charge is -2.19. The molecular formula is C26H33N3O4. The second-order valence-electron chi connectivity index (χ2n) is 7.93. The molecule has 2 N–H and O–H groups in total. The summed E-state index contributed by atoms with van der Waals surface area (Å²) in [6, 6.07) is 12.8. The molecule has 0 saturated heterocycles. The second-order valence-corrected chi connectivity index (χ2v) is 7.93. The largest absolute Gasteiger partial charge is 0.493 e. The SMILES string of the molecule is CCN(CC)CCOc1cc(NC(=O)/C=C/c2ccc(C(=O)NC3CC3)cc2)ccc1OC. The molecule has 1 aliphatic rings. The van der Waals surface area contributed by atoms with E-state index in [1.54, 1.807) is 43.5 Å². The van der Waals surface area contributed by atoms with Crippen molar-refractivity contribution in [3.05, 3.63) is 59.7 Å². The normalized spacial score (nSPS) is 13.2. The first-order chi connectivity index (χ1) is 16.0. The molecule has 33 heavy (non-hydrogen) atoms. The molecule has 3 rings (SSSR count). The molecule has 2 aromatic rings. The number of methoxy groups -OCH3 is 1. The molecule has 0 heterocycles. The second kappa shape index (κ2) is 12.1. The molecule has 0 spiro atoms. The number of nitrogens with zero attached hydrogens (tertiary/aromatic N) is 1. The van der Waals surface area contributed by atoms with Gasteiger partial charge in [-0.1, -0.05) is 26.0 Å². The number of hydrogen-bond acceptors (Lipinski definition) is 5. The zero-order chi connectivity index (χ0) is 23.6. The number of hydrogen-bond donors (Lipinski definition) is 2. The molecular weight excluding hydrogens is 418 g/mol. The Bertz CT molecular complexity index is 964.